The summed E-state index contributed by atoms with van der Waals surface area (Å²) < 4.78 is 41.7. The number of anilines is 1. The first-order chi connectivity index (χ1) is 10.8. The molecule has 2 rings (SSSR count). The lowest BCUT2D eigenvalue weighted by atomic mass is 10.0. The van der Waals surface area contributed by atoms with Gasteiger partial charge in [-0.2, -0.15) is 13.2 Å². The Labute approximate surface area is 131 Å². The van der Waals surface area contributed by atoms with Crippen LogP contribution in [0.2, 0.25) is 0 Å². The number of carbonyl (C=O) groups is 2. The third-order valence-electron chi connectivity index (χ3n) is 3.50. The number of methoxy groups -OCH3 is 1. The summed E-state index contributed by atoms with van der Waals surface area (Å²) >= 11 is 0. The van der Waals surface area contributed by atoms with Crippen LogP contribution in [0.3, 0.4) is 0 Å². The monoisotopic (exact) mass is 330 g/mol. The van der Waals surface area contributed by atoms with E-state index in [-0.39, 0.29) is 0 Å². The van der Waals surface area contributed by atoms with Crippen LogP contribution in [0.1, 0.15) is 19.3 Å². The number of hydrogen-bond acceptors (Lipinski definition) is 3. The van der Waals surface area contributed by atoms with Crippen molar-refractivity contribution in [2.75, 3.05) is 18.6 Å². The first-order valence-electron chi connectivity index (χ1n) is 7.12. The normalized spacial score (nSPS) is 18.7. The van der Waals surface area contributed by atoms with E-state index < -0.39 is 30.5 Å². The van der Waals surface area contributed by atoms with Crippen LogP contribution in [0, 0.1) is 0 Å². The summed E-state index contributed by atoms with van der Waals surface area (Å²) in [6.45, 7) is 0.442. The number of halogens is 3. The first-order valence-corrected chi connectivity index (χ1v) is 7.12. The minimum Gasteiger partial charge on any atom is -0.497 e. The Morgan fingerprint density at radius 3 is 2.83 bits per heavy atom. The van der Waals surface area contributed by atoms with Crippen molar-refractivity contribution >= 4 is 17.5 Å². The van der Waals surface area contributed by atoms with Crippen molar-refractivity contribution < 1.29 is 27.5 Å². The lowest BCUT2D eigenvalue weighted by Gasteiger charge is -2.32. The van der Waals surface area contributed by atoms with E-state index in [4.69, 9.17) is 4.74 Å². The van der Waals surface area contributed by atoms with Crippen molar-refractivity contribution in [1.29, 1.82) is 0 Å². The molecule has 0 saturated carbocycles. The van der Waals surface area contributed by atoms with E-state index in [0.29, 0.717) is 30.8 Å². The fraction of sp³-hybridized carbons (Fsp3) is 0.467. The molecule has 1 aromatic carbocycles. The van der Waals surface area contributed by atoms with Crippen molar-refractivity contribution in [3.8, 4) is 5.75 Å². The Bertz CT molecular complexity index is 590. The van der Waals surface area contributed by atoms with E-state index in [9.17, 15) is 22.8 Å². The zero-order chi connectivity index (χ0) is 17.0. The van der Waals surface area contributed by atoms with Crippen LogP contribution in [0.4, 0.5) is 18.9 Å². The molecule has 23 heavy (non-hydrogen) atoms. The molecule has 0 spiro atoms. The van der Waals surface area contributed by atoms with Gasteiger partial charge < -0.3 is 15.0 Å². The van der Waals surface area contributed by atoms with Crippen molar-refractivity contribution in [2.45, 2.75) is 31.5 Å². The average molecular weight is 330 g/mol. The lowest BCUT2D eigenvalue weighted by Crippen LogP contribution is -2.52. The molecule has 0 aromatic heterocycles. The van der Waals surface area contributed by atoms with Gasteiger partial charge in [0.15, 0.2) is 0 Å². The highest BCUT2D eigenvalue weighted by Crippen LogP contribution is 2.25. The van der Waals surface area contributed by atoms with Crippen molar-refractivity contribution in [2.24, 2.45) is 0 Å². The molecule has 5 nitrogen and oxygen atoms in total. The number of ether oxygens (including phenoxy) is 1. The number of benzene rings is 1. The molecule has 2 amide bonds. The summed E-state index contributed by atoms with van der Waals surface area (Å²) in [4.78, 5) is 25.3. The average Bonchev–Trinajstić information content (AvgIpc) is 2.47. The molecule has 0 bridgehead atoms. The number of alkyl halides is 3. The van der Waals surface area contributed by atoms with E-state index in [1.807, 2.05) is 0 Å². The molecule has 1 heterocycles. The van der Waals surface area contributed by atoms with E-state index in [0.717, 1.165) is 0 Å². The number of nitrogens with one attached hydrogen (secondary N) is 1. The summed E-state index contributed by atoms with van der Waals surface area (Å²) in [7, 11) is 1.50. The van der Waals surface area contributed by atoms with Gasteiger partial charge in [0, 0.05) is 18.3 Å². The fourth-order valence-corrected chi connectivity index (χ4v) is 2.47. The van der Waals surface area contributed by atoms with Gasteiger partial charge in [-0.3, -0.25) is 9.59 Å². The molecule has 8 heteroatoms. The molecule has 126 valence electrons. The second kappa shape index (κ2) is 6.89. The van der Waals surface area contributed by atoms with E-state index in [2.05, 4.69) is 5.32 Å². The lowest BCUT2D eigenvalue weighted by molar-refractivity contribution is -0.155. The molecular weight excluding hydrogens is 313 g/mol. The summed E-state index contributed by atoms with van der Waals surface area (Å²) in [6.07, 6.45) is -5.27. The van der Waals surface area contributed by atoms with Crippen molar-refractivity contribution in [3.63, 3.8) is 0 Å². The molecule has 1 aromatic rings. The van der Waals surface area contributed by atoms with Crippen LogP contribution in [0.25, 0.3) is 0 Å². The molecule has 1 atom stereocenters. The number of hydrogen-bond donors (Lipinski definition) is 1. The molecule has 1 N–H and O–H groups in total. The maximum Gasteiger partial charge on any atom is 0.397 e. The number of nitrogens with zero attached hydrogens (tertiary/aromatic N) is 1. The molecule has 0 radical (unpaired) electrons. The standard InChI is InChI=1S/C15H17F3N2O3/c1-23-11-5-2-4-10(8-11)20-7-3-6-12(14(20)22)19-13(21)9-15(16,17)18/h2,4-5,8,12H,3,6-7,9H2,1H3,(H,19,21). The maximum atomic E-state index is 12.4. The summed E-state index contributed by atoms with van der Waals surface area (Å²) in [5.41, 5.74) is 0.587. The number of amides is 2. The molecular formula is C15H17F3N2O3. The minimum absolute atomic E-state index is 0.322. The number of rotatable bonds is 4. The number of carbonyl (C=O) groups excluding carboxylic acids is 2. The second-order valence-electron chi connectivity index (χ2n) is 5.25. The van der Waals surface area contributed by atoms with Crippen LogP contribution in [-0.2, 0) is 9.59 Å². The SMILES string of the molecule is COc1cccc(N2CCCC(NC(=O)CC(F)(F)F)C2=O)c1. The van der Waals surface area contributed by atoms with Gasteiger partial charge in [0.1, 0.15) is 18.2 Å². The molecule has 1 aliphatic rings. The van der Waals surface area contributed by atoms with Crippen LogP contribution in [-0.4, -0.2) is 37.7 Å². The predicted molar refractivity (Wildman–Crippen MR) is 77.2 cm³/mol. The predicted octanol–water partition coefficient (Wildman–Crippen LogP) is 2.26. The molecule has 0 aliphatic carbocycles. The zero-order valence-corrected chi connectivity index (χ0v) is 12.5. The third-order valence-corrected chi connectivity index (χ3v) is 3.50. The fourth-order valence-electron chi connectivity index (χ4n) is 2.47. The molecule has 1 fully saturated rings. The highest BCUT2D eigenvalue weighted by Gasteiger charge is 2.35. The maximum absolute atomic E-state index is 12.4. The van der Waals surface area contributed by atoms with Crippen LogP contribution in [0.15, 0.2) is 24.3 Å². The molecule has 1 aliphatic heterocycles. The zero-order valence-electron chi connectivity index (χ0n) is 12.5. The summed E-state index contributed by atoms with van der Waals surface area (Å²) in [5, 5.41) is 2.17. The first kappa shape index (κ1) is 17.1. The Balaban J connectivity index is 2.07. The van der Waals surface area contributed by atoms with Crippen LogP contribution >= 0.6 is 0 Å². The Kier molecular flexibility index (Phi) is 5.12. The topological polar surface area (TPSA) is 58.6 Å². The Morgan fingerprint density at radius 2 is 2.17 bits per heavy atom. The van der Waals surface area contributed by atoms with Gasteiger partial charge in [0.05, 0.1) is 7.11 Å². The number of piperidine rings is 1. The van der Waals surface area contributed by atoms with Crippen LogP contribution < -0.4 is 15.0 Å². The van der Waals surface area contributed by atoms with Gasteiger partial charge in [0.25, 0.3) is 0 Å². The van der Waals surface area contributed by atoms with Crippen molar-refractivity contribution in [1.82, 2.24) is 5.32 Å². The van der Waals surface area contributed by atoms with Crippen molar-refractivity contribution in [3.05, 3.63) is 24.3 Å². The smallest absolute Gasteiger partial charge is 0.397 e. The Morgan fingerprint density at radius 1 is 1.43 bits per heavy atom. The van der Waals surface area contributed by atoms with Gasteiger partial charge in [-0.15, -0.1) is 0 Å². The molecule has 1 unspecified atom stereocenters. The van der Waals surface area contributed by atoms with E-state index >= 15 is 0 Å². The van der Waals surface area contributed by atoms with E-state index in [1.165, 1.54) is 12.0 Å². The highest BCUT2D eigenvalue weighted by molar-refractivity contribution is 6.00. The highest BCUT2D eigenvalue weighted by atomic mass is 19.4. The summed E-state index contributed by atoms with van der Waals surface area (Å²) in [5.74, 6) is -1.04. The summed E-state index contributed by atoms with van der Waals surface area (Å²) in [6, 6.07) is 5.87. The van der Waals surface area contributed by atoms with Gasteiger partial charge in [-0.05, 0) is 25.0 Å². The van der Waals surface area contributed by atoms with E-state index in [1.54, 1.807) is 24.3 Å². The quantitative estimate of drug-likeness (QED) is 0.921. The van der Waals surface area contributed by atoms with Crippen LogP contribution in [0.5, 0.6) is 5.75 Å². The second-order valence-corrected chi connectivity index (χ2v) is 5.25. The van der Waals surface area contributed by atoms with Gasteiger partial charge in [-0.1, -0.05) is 6.07 Å². The minimum atomic E-state index is -4.59. The van der Waals surface area contributed by atoms with Gasteiger partial charge in [-0.25, -0.2) is 0 Å². The Hall–Kier alpha value is -2.25. The van der Waals surface area contributed by atoms with Gasteiger partial charge >= 0.3 is 6.18 Å². The molecule has 1 saturated heterocycles. The third kappa shape index (κ3) is 4.61. The largest absolute Gasteiger partial charge is 0.497 e. The van der Waals surface area contributed by atoms with Gasteiger partial charge in [0.2, 0.25) is 11.8 Å².